The molecule has 0 aliphatic carbocycles. The van der Waals surface area contributed by atoms with Gasteiger partial charge in [-0.3, -0.25) is 4.79 Å². The number of halogens is 1. The van der Waals surface area contributed by atoms with E-state index in [-0.39, 0.29) is 12.3 Å². The molecule has 0 spiro atoms. The molecular weight excluding hydrogens is 350 g/mol. The molecular formula is C15H14BrN3OS. The van der Waals surface area contributed by atoms with E-state index in [1.807, 2.05) is 37.3 Å². The van der Waals surface area contributed by atoms with Gasteiger partial charge in [-0.2, -0.15) is 0 Å². The van der Waals surface area contributed by atoms with Crippen LogP contribution in [-0.4, -0.2) is 15.9 Å². The molecule has 1 heterocycles. The summed E-state index contributed by atoms with van der Waals surface area (Å²) in [5.74, 6) is 0.424. The number of hydrogen-bond acceptors (Lipinski definition) is 3. The van der Waals surface area contributed by atoms with Crippen molar-refractivity contribution in [1.29, 1.82) is 0 Å². The summed E-state index contributed by atoms with van der Waals surface area (Å²) >= 11 is 8.26. The van der Waals surface area contributed by atoms with Gasteiger partial charge in [0.2, 0.25) is 5.91 Å². The van der Waals surface area contributed by atoms with Crippen molar-refractivity contribution >= 4 is 44.9 Å². The summed E-state index contributed by atoms with van der Waals surface area (Å²) in [6.45, 7) is 1.87. The average Bonchev–Trinajstić information content (AvgIpc) is 2.43. The largest absolute Gasteiger partial charge is 0.389 e. The van der Waals surface area contributed by atoms with Crippen LogP contribution in [0, 0.1) is 6.92 Å². The number of nitrogens with zero attached hydrogens (tertiary/aromatic N) is 1. The minimum Gasteiger partial charge on any atom is -0.389 e. The molecule has 0 saturated heterocycles. The molecule has 0 aliphatic heterocycles. The van der Waals surface area contributed by atoms with Crippen molar-refractivity contribution in [2.24, 2.45) is 5.73 Å². The molecule has 0 radical (unpaired) electrons. The first-order chi connectivity index (χ1) is 9.95. The zero-order valence-corrected chi connectivity index (χ0v) is 13.8. The Morgan fingerprint density at radius 2 is 1.95 bits per heavy atom. The van der Waals surface area contributed by atoms with E-state index in [1.54, 1.807) is 6.07 Å². The second kappa shape index (κ2) is 6.78. The maximum absolute atomic E-state index is 12.0. The molecule has 1 aromatic carbocycles. The summed E-state index contributed by atoms with van der Waals surface area (Å²) in [4.78, 5) is 16.6. The Hall–Kier alpha value is -1.79. The molecule has 0 atom stereocenters. The predicted molar refractivity (Wildman–Crippen MR) is 91.3 cm³/mol. The van der Waals surface area contributed by atoms with Crippen LogP contribution in [0.15, 0.2) is 40.9 Å². The van der Waals surface area contributed by atoms with E-state index in [4.69, 9.17) is 18.0 Å². The summed E-state index contributed by atoms with van der Waals surface area (Å²) < 4.78 is 0.911. The normalized spacial score (nSPS) is 10.2. The van der Waals surface area contributed by atoms with Crippen LogP contribution in [0.25, 0.3) is 0 Å². The van der Waals surface area contributed by atoms with Gasteiger partial charge in [0, 0.05) is 10.0 Å². The smallest absolute Gasteiger partial charge is 0.229 e. The van der Waals surface area contributed by atoms with Gasteiger partial charge in [-0.25, -0.2) is 4.98 Å². The first kappa shape index (κ1) is 15.6. The van der Waals surface area contributed by atoms with Crippen LogP contribution >= 0.6 is 28.1 Å². The fourth-order valence-electron chi connectivity index (χ4n) is 1.77. The van der Waals surface area contributed by atoms with Gasteiger partial charge in [0.25, 0.3) is 0 Å². The second-order valence-electron chi connectivity index (χ2n) is 4.55. The number of hydrogen-bond donors (Lipinski definition) is 2. The number of rotatable bonds is 4. The van der Waals surface area contributed by atoms with Crippen molar-refractivity contribution < 1.29 is 4.79 Å². The van der Waals surface area contributed by atoms with Crippen LogP contribution in [-0.2, 0) is 11.2 Å². The zero-order valence-electron chi connectivity index (χ0n) is 11.4. The van der Waals surface area contributed by atoms with Gasteiger partial charge in [0.15, 0.2) is 0 Å². The lowest BCUT2D eigenvalue weighted by Gasteiger charge is -2.07. The van der Waals surface area contributed by atoms with Crippen LogP contribution < -0.4 is 11.1 Å². The molecule has 0 saturated carbocycles. The Balaban J connectivity index is 2.01. The first-order valence-electron chi connectivity index (χ1n) is 6.27. The number of thiocarbonyl (C=S) groups is 1. The van der Waals surface area contributed by atoms with Crippen LogP contribution in [0.4, 0.5) is 5.82 Å². The highest BCUT2D eigenvalue weighted by atomic mass is 79.9. The van der Waals surface area contributed by atoms with E-state index in [2.05, 4.69) is 26.2 Å². The Morgan fingerprint density at radius 1 is 1.29 bits per heavy atom. The number of nitrogens with two attached hydrogens (primary N) is 1. The second-order valence-corrected chi connectivity index (χ2v) is 5.84. The molecule has 108 valence electrons. The number of nitrogens with one attached hydrogen (secondary N) is 1. The van der Waals surface area contributed by atoms with Crippen molar-refractivity contribution in [2.75, 3.05) is 5.32 Å². The zero-order chi connectivity index (χ0) is 15.4. The summed E-state index contributed by atoms with van der Waals surface area (Å²) in [5.41, 5.74) is 8.04. The van der Waals surface area contributed by atoms with E-state index in [0.29, 0.717) is 10.8 Å². The molecule has 3 N–H and O–H groups in total. The van der Waals surface area contributed by atoms with Gasteiger partial charge in [0.05, 0.1) is 12.1 Å². The van der Waals surface area contributed by atoms with Crippen molar-refractivity contribution in [1.82, 2.24) is 4.98 Å². The summed E-state index contributed by atoms with van der Waals surface area (Å²) in [5, 5.41) is 2.77. The van der Waals surface area contributed by atoms with E-state index in [9.17, 15) is 4.79 Å². The highest BCUT2D eigenvalue weighted by Crippen LogP contribution is 2.16. The molecule has 0 aliphatic rings. The fraction of sp³-hybridized carbons (Fsp3) is 0.133. The number of pyridine rings is 1. The molecule has 0 unspecified atom stereocenters. The maximum atomic E-state index is 12.0. The molecule has 0 bridgehead atoms. The standard InChI is InChI=1S/C15H14BrN3OS/c1-9-12(16)6-7-13(18-9)19-14(20)8-10-2-4-11(5-3-10)15(17)21/h2-7H,8H2,1H3,(H2,17,21)(H,18,19,20). The lowest BCUT2D eigenvalue weighted by molar-refractivity contribution is -0.115. The van der Waals surface area contributed by atoms with Crippen molar-refractivity contribution in [3.8, 4) is 0 Å². The highest BCUT2D eigenvalue weighted by Gasteiger charge is 2.06. The van der Waals surface area contributed by atoms with E-state index >= 15 is 0 Å². The molecule has 0 fully saturated rings. The molecule has 1 amide bonds. The number of anilines is 1. The maximum Gasteiger partial charge on any atom is 0.229 e. The van der Waals surface area contributed by atoms with Crippen LogP contribution in [0.1, 0.15) is 16.8 Å². The number of benzene rings is 1. The fourth-order valence-corrected chi connectivity index (χ4v) is 2.13. The van der Waals surface area contributed by atoms with E-state index in [0.717, 1.165) is 21.3 Å². The molecule has 4 nitrogen and oxygen atoms in total. The predicted octanol–water partition coefficient (Wildman–Crippen LogP) is 2.97. The SMILES string of the molecule is Cc1nc(NC(=O)Cc2ccc(C(N)=S)cc2)ccc1Br. The lowest BCUT2D eigenvalue weighted by Crippen LogP contribution is -2.16. The third-order valence-corrected chi connectivity index (χ3v) is 3.97. The highest BCUT2D eigenvalue weighted by molar-refractivity contribution is 9.10. The van der Waals surface area contributed by atoms with Crippen LogP contribution in [0.5, 0.6) is 0 Å². The van der Waals surface area contributed by atoms with Gasteiger partial charge < -0.3 is 11.1 Å². The molecule has 2 rings (SSSR count). The Labute approximate surface area is 136 Å². The number of carbonyl (C=O) groups excluding carboxylic acids is 1. The number of carbonyl (C=O) groups is 1. The van der Waals surface area contributed by atoms with Gasteiger partial charge in [-0.15, -0.1) is 0 Å². The lowest BCUT2D eigenvalue weighted by atomic mass is 10.1. The summed E-state index contributed by atoms with van der Waals surface area (Å²) in [7, 11) is 0. The number of aryl methyl sites for hydroxylation is 1. The van der Waals surface area contributed by atoms with Crippen LogP contribution in [0.3, 0.4) is 0 Å². The number of amides is 1. The molecule has 2 aromatic rings. The van der Waals surface area contributed by atoms with Crippen molar-refractivity contribution in [3.05, 3.63) is 57.7 Å². The number of aromatic nitrogens is 1. The minimum atomic E-state index is -0.118. The third kappa shape index (κ3) is 4.34. The van der Waals surface area contributed by atoms with E-state index < -0.39 is 0 Å². The topological polar surface area (TPSA) is 68.0 Å². The van der Waals surface area contributed by atoms with Gasteiger partial charge in [0.1, 0.15) is 10.8 Å². The van der Waals surface area contributed by atoms with Crippen molar-refractivity contribution in [3.63, 3.8) is 0 Å². The molecule has 1 aromatic heterocycles. The Morgan fingerprint density at radius 3 is 2.52 bits per heavy atom. The summed E-state index contributed by atoms with van der Waals surface area (Å²) in [6, 6.07) is 10.9. The van der Waals surface area contributed by atoms with Crippen molar-refractivity contribution in [2.45, 2.75) is 13.3 Å². The Bertz CT molecular complexity index is 686. The minimum absolute atomic E-state index is 0.118. The average molecular weight is 364 g/mol. The quantitative estimate of drug-likeness (QED) is 0.819. The summed E-state index contributed by atoms with van der Waals surface area (Å²) in [6.07, 6.45) is 0.272. The molecule has 21 heavy (non-hydrogen) atoms. The van der Waals surface area contributed by atoms with Gasteiger partial charge in [-0.05, 0) is 40.5 Å². The first-order valence-corrected chi connectivity index (χ1v) is 7.47. The monoisotopic (exact) mass is 363 g/mol. The van der Waals surface area contributed by atoms with Gasteiger partial charge in [-0.1, -0.05) is 36.5 Å². The Kier molecular flexibility index (Phi) is 5.03. The van der Waals surface area contributed by atoms with Crippen LogP contribution in [0.2, 0.25) is 0 Å². The molecule has 6 heteroatoms. The van der Waals surface area contributed by atoms with Gasteiger partial charge >= 0.3 is 0 Å². The van der Waals surface area contributed by atoms with E-state index in [1.165, 1.54) is 0 Å². The third-order valence-electron chi connectivity index (χ3n) is 2.89.